The van der Waals surface area contributed by atoms with Crippen LogP contribution in [-0.2, 0) is 10.5 Å². The Morgan fingerprint density at radius 2 is 2.16 bits per heavy atom. The van der Waals surface area contributed by atoms with Gasteiger partial charge >= 0.3 is 5.69 Å². The van der Waals surface area contributed by atoms with Crippen molar-refractivity contribution >= 4 is 0 Å². The highest BCUT2D eigenvalue weighted by Crippen LogP contribution is 2.33. The zero-order chi connectivity index (χ0) is 14.4. The average molecular weight is 276 g/mol. The summed E-state index contributed by atoms with van der Waals surface area (Å²) in [6, 6.07) is 0. The van der Waals surface area contributed by atoms with Gasteiger partial charge in [0.1, 0.15) is 18.3 Å². The van der Waals surface area contributed by atoms with Crippen LogP contribution in [0.5, 0.6) is 0 Å². The summed E-state index contributed by atoms with van der Waals surface area (Å²) in [7, 11) is 0. The lowest BCUT2D eigenvalue weighted by Crippen LogP contribution is -2.50. The van der Waals surface area contributed by atoms with Crippen molar-refractivity contribution in [3.63, 3.8) is 0 Å². The Labute approximate surface area is 105 Å². The average Bonchev–Trinajstić information content (AvgIpc) is 2.59. The fraction of sp³-hybridized carbons (Fsp3) is 0.600. The van der Waals surface area contributed by atoms with E-state index in [0.717, 1.165) is 0 Å². The molecule has 106 valence electrons. The maximum absolute atomic E-state index is 13.2. The minimum Gasteiger partial charge on any atom is -0.394 e. The quantitative estimate of drug-likeness (QED) is 0.472. The molecule has 0 aliphatic carbocycles. The van der Waals surface area contributed by atoms with Crippen LogP contribution in [0.15, 0.2) is 15.8 Å². The molecule has 0 bridgehead atoms. The molecule has 1 aromatic rings. The Morgan fingerprint density at radius 1 is 1.53 bits per heavy atom. The van der Waals surface area contributed by atoms with Gasteiger partial charge in [-0.15, -0.1) is 0 Å². The SMILES string of the molecule is C[C@@]1(n2cc(F)c(=O)[nH]c2=O)O[C@H](CO)[C@@H](O)[C@H]1O. The second kappa shape index (κ2) is 4.53. The summed E-state index contributed by atoms with van der Waals surface area (Å²) in [5, 5.41) is 28.5. The molecule has 1 aromatic heterocycles. The lowest BCUT2D eigenvalue weighted by Gasteiger charge is -2.29. The van der Waals surface area contributed by atoms with Crippen molar-refractivity contribution in [3.8, 4) is 0 Å². The van der Waals surface area contributed by atoms with Crippen molar-refractivity contribution in [2.45, 2.75) is 31.0 Å². The van der Waals surface area contributed by atoms with Crippen molar-refractivity contribution in [2.75, 3.05) is 6.61 Å². The predicted octanol–water partition coefficient (Wildman–Crippen LogP) is -2.54. The van der Waals surface area contributed by atoms with Crippen LogP contribution in [0.2, 0.25) is 0 Å². The minimum absolute atomic E-state index is 0.580. The van der Waals surface area contributed by atoms with E-state index in [1.54, 1.807) is 4.98 Å². The molecule has 4 N–H and O–H groups in total. The highest BCUT2D eigenvalue weighted by molar-refractivity contribution is 5.00. The summed E-state index contributed by atoms with van der Waals surface area (Å²) in [6.07, 6.45) is -3.57. The molecule has 1 aliphatic rings. The first-order valence-electron chi connectivity index (χ1n) is 5.48. The maximum atomic E-state index is 13.2. The lowest BCUT2D eigenvalue weighted by atomic mass is 10.0. The summed E-state index contributed by atoms with van der Waals surface area (Å²) in [5.74, 6) is -1.24. The van der Waals surface area contributed by atoms with E-state index in [0.29, 0.717) is 10.8 Å². The largest absolute Gasteiger partial charge is 0.394 e. The van der Waals surface area contributed by atoms with Crippen LogP contribution in [0, 0.1) is 5.82 Å². The first-order chi connectivity index (χ1) is 8.81. The highest BCUT2D eigenvalue weighted by Gasteiger charge is 2.52. The molecule has 0 saturated carbocycles. The van der Waals surface area contributed by atoms with Gasteiger partial charge in [-0.2, -0.15) is 4.39 Å². The van der Waals surface area contributed by atoms with Gasteiger partial charge in [0, 0.05) is 0 Å². The number of hydrogen-bond acceptors (Lipinski definition) is 6. The summed E-state index contributed by atoms with van der Waals surface area (Å²) >= 11 is 0. The van der Waals surface area contributed by atoms with Gasteiger partial charge in [-0.25, -0.2) is 4.79 Å². The van der Waals surface area contributed by atoms with Crippen molar-refractivity contribution in [2.24, 2.45) is 0 Å². The summed E-state index contributed by atoms with van der Waals surface area (Å²) in [5.41, 5.74) is -4.00. The minimum atomic E-state index is -1.80. The van der Waals surface area contributed by atoms with Gasteiger partial charge in [0.05, 0.1) is 12.8 Å². The Morgan fingerprint density at radius 3 is 2.68 bits per heavy atom. The fourth-order valence-corrected chi connectivity index (χ4v) is 2.09. The van der Waals surface area contributed by atoms with Crippen LogP contribution in [0.1, 0.15) is 6.92 Å². The first-order valence-corrected chi connectivity index (χ1v) is 5.48. The molecule has 2 rings (SSSR count). The Bertz CT molecular complexity index is 598. The van der Waals surface area contributed by atoms with Gasteiger partial charge in [-0.05, 0) is 6.92 Å². The second-order valence-corrected chi connectivity index (χ2v) is 4.44. The fourth-order valence-electron chi connectivity index (χ4n) is 2.09. The molecule has 2 heterocycles. The molecule has 1 saturated heterocycles. The molecule has 4 atom stereocenters. The molecule has 1 fully saturated rings. The molecule has 0 unspecified atom stereocenters. The van der Waals surface area contributed by atoms with Gasteiger partial charge in [0.15, 0.2) is 5.72 Å². The number of nitrogens with zero attached hydrogens (tertiary/aromatic N) is 1. The number of aromatic amines is 1. The third-order valence-corrected chi connectivity index (χ3v) is 3.20. The molecule has 0 amide bonds. The Hall–Kier alpha value is -1.55. The first kappa shape index (κ1) is 13.9. The van der Waals surface area contributed by atoms with E-state index < -0.39 is 47.7 Å². The molecular weight excluding hydrogens is 263 g/mol. The van der Waals surface area contributed by atoms with E-state index >= 15 is 0 Å². The van der Waals surface area contributed by atoms with Crippen LogP contribution in [0.25, 0.3) is 0 Å². The molecule has 0 spiro atoms. The number of H-pyrrole nitrogens is 1. The number of aliphatic hydroxyl groups excluding tert-OH is 3. The third-order valence-electron chi connectivity index (χ3n) is 3.20. The topological polar surface area (TPSA) is 125 Å². The van der Waals surface area contributed by atoms with E-state index in [2.05, 4.69) is 0 Å². The van der Waals surface area contributed by atoms with Crippen molar-refractivity contribution < 1.29 is 24.4 Å². The van der Waals surface area contributed by atoms with Gasteiger partial charge in [0.2, 0.25) is 5.82 Å². The van der Waals surface area contributed by atoms with Gasteiger partial charge in [-0.3, -0.25) is 14.3 Å². The summed E-state index contributed by atoms with van der Waals surface area (Å²) in [6.45, 7) is 0.643. The third kappa shape index (κ3) is 2.00. The van der Waals surface area contributed by atoms with E-state index in [1.165, 1.54) is 6.92 Å². The number of hydrogen-bond donors (Lipinski definition) is 4. The molecule has 8 nitrogen and oxygen atoms in total. The monoisotopic (exact) mass is 276 g/mol. The number of nitrogens with one attached hydrogen (secondary N) is 1. The number of aromatic nitrogens is 2. The predicted molar refractivity (Wildman–Crippen MR) is 58.9 cm³/mol. The second-order valence-electron chi connectivity index (χ2n) is 4.44. The standard InChI is InChI=1S/C10H13FN2O6/c1-10(7(16)6(15)5(3-14)19-10)13-2-4(11)8(17)12-9(13)18/h2,5-7,14-16H,3H2,1H3,(H,12,17,18)/t5-,6-,7-,10-/m1/s1. The smallest absolute Gasteiger partial charge is 0.330 e. The highest BCUT2D eigenvalue weighted by atomic mass is 19.1. The zero-order valence-corrected chi connectivity index (χ0v) is 9.91. The van der Waals surface area contributed by atoms with Crippen LogP contribution >= 0.6 is 0 Å². The van der Waals surface area contributed by atoms with Crippen LogP contribution in [0.4, 0.5) is 4.39 Å². The number of ether oxygens (including phenoxy) is 1. The van der Waals surface area contributed by atoms with Crippen LogP contribution in [0.3, 0.4) is 0 Å². The van der Waals surface area contributed by atoms with Crippen LogP contribution in [-0.4, -0.2) is 49.8 Å². The molecule has 0 radical (unpaired) electrons. The normalized spacial score (nSPS) is 34.7. The molecular formula is C10H13FN2O6. The number of rotatable bonds is 2. The summed E-state index contributed by atoms with van der Waals surface area (Å²) < 4.78 is 19.1. The van der Waals surface area contributed by atoms with E-state index in [4.69, 9.17) is 9.84 Å². The molecule has 19 heavy (non-hydrogen) atoms. The van der Waals surface area contributed by atoms with Gasteiger partial charge < -0.3 is 20.1 Å². The maximum Gasteiger partial charge on any atom is 0.330 e. The number of aliphatic hydroxyl groups is 3. The Kier molecular flexibility index (Phi) is 3.31. The zero-order valence-electron chi connectivity index (χ0n) is 9.91. The van der Waals surface area contributed by atoms with E-state index in [-0.39, 0.29) is 0 Å². The van der Waals surface area contributed by atoms with Gasteiger partial charge in [0.25, 0.3) is 5.56 Å². The van der Waals surface area contributed by atoms with Crippen molar-refractivity contribution in [1.82, 2.24) is 9.55 Å². The Balaban J connectivity index is 2.55. The van der Waals surface area contributed by atoms with Gasteiger partial charge in [-0.1, -0.05) is 0 Å². The van der Waals surface area contributed by atoms with Crippen LogP contribution < -0.4 is 11.2 Å². The molecule has 0 aromatic carbocycles. The lowest BCUT2D eigenvalue weighted by molar-refractivity contribution is -0.137. The van der Waals surface area contributed by atoms with Crippen molar-refractivity contribution in [1.29, 1.82) is 0 Å². The summed E-state index contributed by atoms with van der Waals surface area (Å²) in [4.78, 5) is 24.3. The van der Waals surface area contributed by atoms with Crippen molar-refractivity contribution in [3.05, 3.63) is 32.9 Å². The van der Waals surface area contributed by atoms with E-state index in [9.17, 15) is 24.2 Å². The molecule has 9 heteroatoms. The molecule has 1 aliphatic heterocycles. The number of halogens is 1. The van der Waals surface area contributed by atoms with E-state index in [1.807, 2.05) is 0 Å².